The number of anilines is 1. The second-order valence-corrected chi connectivity index (χ2v) is 5.77. The van der Waals surface area contributed by atoms with Gasteiger partial charge in [-0.2, -0.15) is 0 Å². The average Bonchev–Trinajstić information content (AvgIpc) is 2.42. The first-order chi connectivity index (χ1) is 9.52. The van der Waals surface area contributed by atoms with Crippen molar-refractivity contribution in [2.24, 2.45) is 5.92 Å². The van der Waals surface area contributed by atoms with E-state index in [0.29, 0.717) is 25.2 Å². The van der Waals surface area contributed by atoms with Crippen LogP contribution in [0.15, 0.2) is 18.2 Å². The summed E-state index contributed by atoms with van der Waals surface area (Å²) in [4.78, 5) is 2.04. The lowest BCUT2D eigenvalue weighted by atomic mass is 9.96. The lowest BCUT2D eigenvalue weighted by molar-refractivity contribution is 0.0969. The highest BCUT2D eigenvalue weighted by molar-refractivity contribution is 5.50. The molecular formula is C16H25FN2O. The minimum absolute atomic E-state index is 0.158. The van der Waals surface area contributed by atoms with Gasteiger partial charge in [0.2, 0.25) is 0 Å². The highest BCUT2D eigenvalue weighted by Crippen LogP contribution is 2.27. The van der Waals surface area contributed by atoms with Crippen LogP contribution in [0, 0.1) is 11.7 Å². The summed E-state index contributed by atoms with van der Waals surface area (Å²) in [5, 5.41) is 13.0. The van der Waals surface area contributed by atoms with Gasteiger partial charge in [0.25, 0.3) is 0 Å². The monoisotopic (exact) mass is 280 g/mol. The molecule has 2 N–H and O–H groups in total. The first-order valence-electron chi connectivity index (χ1n) is 7.48. The molecule has 1 fully saturated rings. The van der Waals surface area contributed by atoms with Crippen molar-refractivity contribution in [1.82, 2.24) is 5.32 Å². The van der Waals surface area contributed by atoms with Crippen molar-refractivity contribution in [2.75, 3.05) is 24.5 Å². The maximum atomic E-state index is 14.3. The molecule has 4 heteroatoms. The maximum Gasteiger partial charge on any atom is 0.146 e. The fourth-order valence-corrected chi connectivity index (χ4v) is 2.82. The zero-order chi connectivity index (χ0) is 14.7. The van der Waals surface area contributed by atoms with Crippen LogP contribution in [0.3, 0.4) is 0 Å². The molecule has 0 amide bonds. The van der Waals surface area contributed by atoms with E-state index in [2.05, 4.69) is 5.32 Å². The number of rotatable bonds is 4. The van der Waals surface area contributed by atoms with Crippen LogP contribution in [-0.2, 0) is 0 Å². The molecule has 0 aliphatic carbocycles. The first-order valence-corrected chi connectivity index (χ1v) is 7.48. The molecule has 0 bridgehead atoms. The van der Waals surface area contributed by atoms with Gasteiger partial charge in [-0.1, -0.05) is 19.9 Å². The lowest BCUT2D eigenvalue weighted by Crippen LogP contribution is -2.42. The van der Waals surface area contributed by atoms with Gasteiger partial charge in [0, 0.05) is 19.1 Å². The quantitative estimate of drug-likeness (QED) is 0.890. The summed E-state index contributed by atoms with van der Waals surface area (Å²) in [6.07, 6.45) is 0.443. The summed E-state index contributed by atoms with van der Waals surface area (Å²) in [5.41, 5.74) is 1.62. The molecule has 2 rings (SSSR count). The molecule has 3 unspecified atom stereocenters. The number of hydrogen-bond donors (Lipinski definition) is 2. The molecule has 1 aromatic rings. The highest BCUT2D eigenvalue weighted by Gasteiger charge is 2.25. The number of nitrogens with zero attached hydrogens (tertiary/aromatic N) is 1. The molecule has 0 aromatic heterocycles. The Hall–Kier alpha value is -1.13. The SMILES string of the molecule is CCNC(C)c1ccc(N2CCC(O)C(C)C2)c(F)c1. The van der Waals surface area contributed by atoms with E-state index in [1.807, 2.05) is 37.8 Å². The van der Waals surface area contributed by atoms with Gasteiger partial charge in [-0.3, -0.25) is 0 Å². The molecule has 20 heavy (non-hydrogen) atoms. The van der Waals surface area contributed by atoms with E-state index in [9.17, 15) is 9.50 Å². The Balaban J connectivity index is 2.13. The van der Waals surface area contributed by atoms with Crippen LogP contribution >= 0.6 is 0 Å². The molecule has 3 nitrogen and oxygen atoms in total. The molecule has 0 radical (unpaired) electrons. The third-order valence-electron chi connectivity index (χ3n) is 4.18. The topological polar surface area (TPSA) is 35.5 Å². The summed E-state index contributed by atoms with van der Waals surface area (Å²) < 4.78 is 14.3. The Morgan fingerprint density at radius 1 is 1.50 bits per heavy atom. The predicted octanol–water partition coefficient (Wildman–Crippen LogP) is 2.70. The third kappa shape index (κ3) is 3.30. The Morgan fingerprint density at radius 3 is 2.85 bits per heavy atom. The van der Waals surface area contributed by atoms with Crippen molar-refractivity contribution < 1.29 is 9.50 Å². The minimum atomic E-state index is -0.262. The molecular weight excluding hydrogens is 255 g/mol. The molecule has 1 aromatic carbocycles. The van der Waals surface area contributed by atoms with Gasteiger partial charge in [0.1, 0.15) is 5.82 Å². The van der Waals surface area contributed by atoms with Crippen LogP contribution in [0.2, 0.25) is 0 Å². The van der Waals surface area contributed by atoms with Crippen LogP contribution in [0.4, 0.5) is 10.1 Å². The third-order valence-corrected chi connectivity index (χ3v) is 4.18. The fraction of sp³-hybridized carbons (Fsp3) is 0.625. The molecule has 112 valence electrons. The van der Waals surface area contributed by atoms with Crippen molar-refractivity contribution in [3.63, 3.8) is 0 Å². The van der Waals surface area contributed by atoms with E-state index in [-0.39, 0.29) is 23.9 Å². The van der Waals surface area contributed by atoms with Crippen LogP contribution < -0.4 is 10.2 Å². The van der Waals surface area contributed by atoms with E-state index in [1.165, 1.54) is 0 Å². The smallest absolute Gasteiger partial charge is 0.146 e. The summed E-state index contributed by atoms with van der Waals surface area (Å²) in [5.74, 6) is 0.0133. The largest absolute Gasteiger partial charge is 0.393 e. The number of hydrogen-bond acceptors (Lipinski definition) is 3. The minimum Gasteiger partial charge on any atom is -0.393 e. The van der Waals surface area contributed by atoms with Crippen molar-refractivity contribution in [1.29, 1.82) is 0 Å². The summed E-state index contributed by atoms with van der Waals surface area (Å²) in [7, 11) is 0. The summed E-state index contributed by atoms with van der Waals surface area (Å²) in [6.45, 7) is 8.38. The van der Waals surface area contributed by atoms with Crippen LogP contribution in [0.1, 0.15) is 38.8 Å². The van der Waals surface area contributed by atoms with E-state index in [0.717, 1.165) is 12.1 Å². The normalized spacial score (nSPS) is 24.8. The number of aliphatic hydroxyl groups is 1. The Bertz CT molecular complexity index is 452. The van der Waals surface area contributed by atoms with Gasteiger partial charge in [-0.25, -0.2) is 4.39 Å². The van der Waals surface area contributed by atoms with Gasteiger partial charge in [0.15, 0.2) is 0 Å². The van der Waals surface area contributed by atoms with Gasteiger partial charge >= 0.3 is 0 Å². The molecule has 1 aliphatic rings. The zero-order valence-corrected chi connectivity index (χ0v) is 12.6. The standard InChI is InChI=1S/C16H25FN2O/c1-4-18-12(3)13-5-6-15(14(17)9-13)19-8-7-16(20)11(2)10-19/h5-6,9,11-12,16,18,20H,4,7-8,10H2,1-3H3. The molecule has 1 heterocycles. The molecule has 0 saturated carbocycles. The predicted molar refractivity (Wildman–Crippen MR) is 80.5 cm³/mol. The number of aliphatic hydroxyl groups excluding tert-OH is 1. The second kappa shape index (κ2) is 6.55. The van der Waals surface area contributed by atoms with Crippen LogP contribution in [0.25, 0.3) is 0 Å². The van der Waals surface area contributed by atoms with Crippen LogP contribution in [-0.4, -0.2) is 30.8 Å². The van der Waals surface area contributed by atoms with Gasteiger partial charge in [-0.15, -0.1) is 0 Å². The van der Waals surface area contributed by atoms with Crippen molar-refractivity contribution in [2.45, 2.75) is 39.3 Å². The molecule has 1 aliphatic heterocycles. The molecule has 1 saturated heterocycles. The average molecular weight is 280 g/mol. The summed E-state index contributed by atoms with van der Waals surface area (Å²) >= 11 is 0. The van der Waals surface area contributed by atoms with Gasteiger partial charge in [-0.05, 0) is 43.5 Å². The highest BCUT2D eigenvalue weighted by atomic mass is 19.1. The molecule has 3 atom stereocenters. The summed E-state index contributed by atoms with van der Waals surface area (Å²) in [6, 6.07) is 5.63. The number of benzene rings is 1. The van der Waals surface area contributed by atoms with E-state index >= 15 is 0 Å². The Morgan fingerprint density at radius 2 is 2.25 bits per heavy atom. The van der Waals surface area contributed by atoms with E-state index in [1.54, 1.807) is 6.07 Å². The molecule has 0 spiro atoms. The van der Waals surface area contributed by atoms with Gasteiger partial charge < -0.3 is 15.3 Å². The first kappa shape index (κ1) is 15.3. The number of halogens is 1. The zero-order valence-electron chi connectivity index (χ0n) is 12.6. The lowest BCUT2D eigenvalue weighted by Gasteiger charge is -2.36. The maximum absolute atomic E-state index is 14.3. The van der Waals surface area contributed by atoms with Gasteiger partial charge in [0.05, 0.1) is 11.8 Å². The van der Waals surface area contributed by atoms with Crippen molar-refractivity contribution >= 4 is 5.69 Å². The number of nitrogens with one attached hydrogen (secondary N) is 1. The second-order valence-electron chi connectivity index (χ2n) is 5.77. The fourth-order valence-electron chi connectivity index (χ4n) is 2.82. The van der Waals surface area contributed by atoms with Crippen molar-refractivity contribution in [3.8, 4) is 0 Å². The Labute approximate surface area is 120 Å². The Kier molecular flexibility index (Phi) is 5.00. The number of piperidine rings is 1. The van der Waals surface area contributed by atoms with Crippen molar-refractivity contribution in [3.05, 3.63) is 29.6 Å². The van der Waals surface area contributed by atoms with E-state index < -0.39 is 0 Å². The van der Waals surface area contributed by atoms with E-state index in [4.69, 9.17) is 0 Å². The van der Waals surface area contributed by atoms with Crippen LogP contribution in [0.5, 0.6) is 0 Å².